The van der Waals surface area contributed by atoms with E-state index in [1.54, 1.807) is 24.7 Å². The van der Waals surface area contributed by atoms with Crippen molar-refractivity contribution in [1.29, 1.82) is 0 Å². The maximum Gasteiger partial charge on any atom is 0.324 e. The van der Waals surface area contributed by atoms with Crippen LogP contribution in [-0.4, -0.2) is 67.7 Å². The zero-order valence-electron chi connectivity index (χ0n) is 21.2. The molecule has 4 aromatic rings. The Kier molecular flexibility index (Phi) is 6.68. The van der Waals surface area contributed by atoms with Gasteiger partial charge in [-0.05, 0) is 38.7 Å². The number of rotatable bonds is 8. The van der Waals surface area contributed by atoms with Crippen molar-refractivity contribution in [2.75, 3.05) is 24.6 Å². The summed E-state index contributed by atoms with van der Waals surface area (Å²) in [6.45, 7) is 3.97. The number of piperidine rings is 1. The predicted octanol–water partition coefficient (Wildman–Crippen LogP) is 4.26. The van der Waals surface area contributed by atoms with Crippen LogP contribution in [0.15, 0.2) is 65.6 Å². The molecular weight excluding hydrogens is 482 g/mol. The van der Waals surface area contributed by atoms with Gasteiger partial charge < -0.3 is 19.1 Å². The van der Waals surface area contributed by atoms with E-state index in [-0.39, 0.29) is 18.0 Å². The second kappa shape index (κ2) is 10.6. The first kappa shape index (κ1) is 24.0. The number of ether oxygens (including phenoxy) is 1. The van der Waals surface area contributed by atoms with Gasteiger partial charge in [-0.1, -0.05) is 35.5 Å². The van der Waals surface area contributed by atoms with Crippen molar-refractivity contribution in [1.82, 2.24) is 30.0 Å². The van der Waals surface area contributed by atoms with Crippen LogP contribution >= 0.6 is 0 Å². The Morgan fingerprint density at radius 1 is 0.921 bits per heavy atom. The molecule has 0 atom stereocenters. The fourth-order valence-electron chi connectivity index (χ4n) is 4.85. The fourth-order valence-corrected chi connectivity index (χ4v) is 4.85. The SMILES string of the molecule is CCOc1ccc(-c2ncc(C(=O)N(C3CC3)C3CCN(c4nc(-c5ccccc5)no4)CC3)cn2)cn1. The van der Waals surface area contributed by atoms with Gasteiger partial charge in [-0.25, -0.2) is 15.0 Å². The van der Waals surface area contributed by atoms with Crippen LogP contribution in [0.2, 0.25) is 0 Å². The van der Waals surface area contributed by atoms with Gasteiger partial charge in [0.1, 0.15) is 0 Å². The molecule has 4 heterocycles. The molecule has 0 radical (unpaired) electrons. The van der Waals surface area contributed by atoms with Crippen molar-refractivity contribution in [2.24, 2.45) is 0 Å². The summed E-state index contributed by atoms with van der Waals surface area (Å²) in [5, 5.41) is 4.15. The third-order valence-electron chi connectivity index (χ3n) is 6.94. The summed E-state index contributed by atoms with van der Waals surface area (Å²) in [6.07, 6.45) is 8.66. The van der Waals surface area contributed by atoms with E-state index < -0.39 is 0 Å². The number of anilines is 1. The van der Waals surface area contributed by atoms with E-state index in [1.165, 1.54) is 0 Å². The summed E-state index contributed by atoms with van der Waals surface area (Å²) < 4.78 is 10.9. The van der Waals surface area contributed by atoms with E-state index in [1.807, 2.05) is 43.3 Å². The van der Waals surface area contributed by atoms with Crippen molar-refractivity contribution >= 4 is 11.9 Å². The molecule has 0 N–H and O–H groups in total. The maximum absolute atomic E-state index is 13.6. The molecule has 1 aliphatic heterocycles. The summed E-state index contributed by atoms with van der Waals surface area (Å²) >= 11 is 0. The van der Waals surface area contributed by atoms with Crippen LogP contribution in [0.5, 0.6) is 5.88 Å². The maximum atomic E-state index is 13.6. The van der Waals surface area contributed by atoms with Crippen molar-refractivity contribution < 1.29 is 14.1 Å². The minimum absolute atomic E-state index is 0.00790. The smallest absolute Gasteiger partial charge is 0.324 e. The third-order valence-corrected chi connectivity index (χ3v) is 6.94. The minimum atomic E-state index is -0.00790. The molecule has 6 rings (SSSR count). The number of pyridine rings is 1. The molecule has 1 aromatic carbocycles. The Morgan fingerprint density at radius 2 is 1.66 bits per heavy atom. The molecule has 2 aliphatic rings. The number of hydrogen-bond donors (Lipinski definition) is 0. The normalized spacial score (nSPS) is 15.9. The van der Waals surface area contributed by atoms with Crippen molar-refractivity contribution in [2.45, 2.75) is 44.7 Å². The Balaban J connectivity index is 1.11. The van der Waals surface area contributed by atoms with Crippen molar-refractivity contribution in [3.05, 3.63) is 66.6 Å². The van der Waals surface area contributed by atoms with Crippen LogP contribution in [-0.2, 0) is 0 Å². The lowest BCUT2D eigenvalue weighted by Gasteiger charge is -2.38. The largest absolute Gasteiger partial charge is 0.478 e. The number of carbonyl (C=O) groups excluding carboxylic acids is 1. The van der Waals surface area contributed by atoms with E-state index in [4.69, 9.17) is 9.26 Å². The van der Waals surface area contributed by atoms with Crippen molar-refractivity contribution in [3.8, 4) is 28.7 Å². The summed E-state index contributed by atoms with van der Waals surface area (Å²) in [4.78, 5) is 35.5. The van der Waals surface area contributed by atoms with Crippen LogP contribution in [0.25, 0.3) is 22.8 Å². The molecule has 10 nitrogen and oxygen atoms in total. The van der Waals surface area contributed by atoms with Gasteiger partial charge in [0.15, 0.2) is 5.82 Å². The fraction of sp³-hybridized carbons (Fsp3) is 0.357. The Hall–Kier alpha value is -4.34. The van der Waals surface area contributed by atoms with Gasteiger partial charge in [0.2, 0.25) is 11.7 Å². The number of benzene rings is 1. The van der Waals surface area contributed by atoms with Crippen LogP contribution in [0.1, 0.15) is 43.0 Å². The highest BCUT2D eigenvalue weighted by atomic mass is 16.5. The molecule has 1 aliphatic carbocycles. The van der Waals surface area contributed by atoms with Gasteiger partial charge >= 0.3 is 6.01 Å². The average Bonchev–Trinajstić information content (AvgIpc) is 3.68. The Morgan fingerprint density at radius 3 is 2.32 bits per heavy atom. The quantitative estimate of drug-likeness (QED) is 0.343. The summed E-state index contributed by atoms with van der Waals surface area (Å²) in [7, 11) is 0. The number of hydrogen-bond acceptors (Lipinski definition) is 9. The number of aromatic nitrogens is 5. The zero-order valence-corrected chi connectivity index (χ0v) is 21.2. The molecule has 2 fully saturated rings. The second-order valence-electron chi connectivity index (χ2n) is 9.54. The topological polar surface area (TPSA) is 110 Å². The zero-order chi connectivity index (χ0) is 25.9. The average molecular weight is 512 g/mol. The van der Waals surface area contributed by atoms with Gasteiger partial charge in [-0.15, -0.1) is 0 Å². The molecular formula is C28H29N7O3. The highest BCUT2D eigenvalue weighted by Crippen LogP contribution is 2.34. The van der Waals surface area contributed by atoms with Gasteiger partial charge in [-0.3, -0.25) is 4.79 Å². The van der Waals surface area contributed by atoms with E-state index >= 15 is 0 Å². The van der Waals surface area contributed by atoms with Gasteiger partial charge in [0, 0.05) is 61.0 Å². The molecule has 0 bridgehead atoms. The second-order valence-corrected chi connectivity index (χ2v) is 9.54. The predicted molar refractivity (Wildman–Crippen MR) is 141 cm³/mol. The van der Waals surface area contributed by atoms with Crippen LogP contribution < -0.4 is 9.64 Å². The van der Waals surface area contributed by atoms with E-state index in [9.17, 15) is 4.79 Å². The monoisotopic (exact) mass is 511 g/mol. The molecule has 194 valence electrons. The lowest BCUT2D eigenvalue weighted by Crippen LogP contribution is -2.48. The van der Waals surface area contributed by atoms with Crippen LogP contribution in [0.4, 0.5) is 6.01 Å². The lowest BCUT2D eigenvalue weighted by atomic mass is 10.0. The first-order chi connectivity index (χ1) is 18.7. The van der Waals surface area contributed by atoms with Gasteiger partial charge in [0.05, 0.1) is 12.2 Å². The minimum Gasteiger partial charge on any atom is -0.478 e. The highest BCUT2D eigenvalue weighted by Gasteiger charge is 2.39. The Bertz CT molecular complexity index is 1360. The molecule has 10 heteroatoms. The number of carbonyl (C=O) groups is 1. The number of amides is 1. The molecule has 1 saturated heterocycles. The van der Waals surface area contributed by atoms with Crippen LogP contribution in [0, 0.1) is 0 Å². The summed E-state index contributed by atoms with van der Waals surface area (Å²) in [6, 6.07) is 14.4. The highest BCUT2D eigenvalue weighted by molar-refractivity contribution is 5.94. The molecule has 1 amide bonds. The van der Waals surface area contributed by atoms with E-state index in [2.05, 4.69) is 34.9 Å². The van der Waals surface area contributed by atoms with Crippen molar-refractivity contribution in [3.63, 3.8) is 0 Å². The van der Waals surface area contributed by atoms with Gasteiger partial charge in [0.25, 0.3) is 5.91 Å². The molecule has 0 spiro atoms. The molecule has 3 aromatic heterocycles. The first-order valence-electron chi connectivity index (χ1n) is 13.1. The standard InChI is InChI=1S/C28H29N7O3/c1-2-37-24-11-8-20(16-29-24)25-30-17-21(18-31-25)27(36)35(22-9-10-22)23-12-14-34(15-13-23)28-32-26(33-38-28)19-6-4-3-5-7-19/h3-8,11,16-18,22-23H,2,9-10,12-15H2,1H3. The summed E-state index contributed by atoms with van der Waals surface area (Å²) in [5.41, 5.74) is 2.21. The molecule has 38 heavy (non-hydrogen) atoms. The first-order valence-corrected chi connectivity index (χ1v) is 13.1. The van der Waals surface area contributed by atoms with E-state index in [0.717, 1.165) is 49.9 Å². The number of nitrogens with zero attached hydrogens (tertiary/aromatic N) is 7. The Labute approximate surface area is 220 Å². The third kappa shape index (κ3) is 5.06. The lowest BCUT2D eigenvalue weighted by molar-refractivity contribution is 0.0628. The van der Waals surface area contributed by atoms with E-state index in [0.29, 0.717) is 35.7 Å². The molecule has 0 unspecified atom stereocenters. The van der Waals surface area contributed by atoms with Crippen LogP contribution in [0.3, 0.4) is 0 Å². The summed E-state index contributed by atoms with van der Waals surface area (Å²) in [5.74, 6) is 1.66. The van der Waals surface area contributed by atoms with Gasteiger partial charge in [-0.2, -0.15) is 4.98 Å². The molecule has 1 saturated carbocycles.